The van der Waals surface area contributed by atoms with E-state index >= 15 is 0 Å². The second-order valence-electron chi connectivity index (χ2n) is 12.5. The minimum atomic E-state index is 0.626. The van der Waals surface area contributed by atoms with Crippen molar-refractivity contribution in [3.63, 3.8) is 0 Å². The number of rotatable bonds is 4. The van der Waals surface area contributed by atoms with Crippen molar-refractivity contribution in [3.8, 4) is 45.8 Å². The van der Waals surface area contributed by atoms with Gasteiger partial charge in [-0.1, -0.05) is 96.6 Å². The van der Waals surface area contributed by atoms with Crippen molar-refractivity contribution >= 4 is 43.6 Å². The highest BCUT2D eigenvalue weighted by Gasteiger charge is 2.20. The molecule has 0 radical (unpaired) electrons. The van der Waals surface area contributed by atoms with Crippen LogP contribution in [-0.4, -0.2) is 9.13 Å². The van der Waals surface area contributed by atoms with Crippen LogP contribution >= 0.6 is 0 Å². The van der Waals surface area contributed by atoms with Gasteiger partial charge in [-0.2, -0.15) is 10.5 Å². The van der Waals surface area contributed by atoms with Crippen LogP contribution in [0.25, 0.3) is 77.2 Å². The van der Waals surface area contributed by atoms with Crippen LogP contribution in [-0.2, 0) is 0 Å². The molecule has 228 valence electrons. The third-order valence-corrected chi connectivity index (χ3v) is 9.64. The lowest BCUT2D eigenvalue weighted by atomic mass is 9.92. The zero-order chi connectivity index (χ0) is 33.1. The molecule has 0 aliphatic rings. The Kier molecular flexibility index (Phi) is 6.44. The Morgan fingerprint density at radius 2 is 1.14 bits per heavy atom. The quantitative estimate of drug-likeness (QED) is 0.196. The van der Waals surface area contributed by atoms with E-state index in [2.05, 4.69) is 137 Å². The molecule has 0 saturated carbocycles. The van der Waals surface area contributed by atoms with Crippen LogP contribution in [0.2, 0.25) is 0 Å². The van der Waals surface area contributed by atoms with Gasteiger partial charge in [0.1, 0.15) is 6.07 Å². The first-order valence-electron chi connectivity index (χ1n) is 16.3. The van der Waals surface area contributed by atoms with E-state index in [1.54, 1.807) is 0 Å². The van der Waals surface area contributed by atoms with Crippen LogP contribution in [0.5, 0.6) is 0 Å². The monoisotopic (exact) mass is 624 g/mol. The molecule has 0 aliphatic heterocycles. The molecule has 9 rings (SSSR count). The van der Waals surface area contributed by atoms with Gasteiger partial charge in [0.05, 0.1) is 45.0 Å². The molecule has 0 aliphatic carbocycles. The number of para-hydroxylation sites is 3. The summed E-state index contributed by atoms with van der Waals surface area (Å²) in [5.74, 6) is 0. The first kappa shape index (κ1) is 28.4. The number of aromatic nitrogens is 2. The largest absolute Gasteiger partial charge is 0.309 e. The van der Waals surface area contributed by atoms with Crippen LogP contribution in [0, 0.1) is 29.6 Å². The van der Waals surface area contributed by atoms with Gasteiger partial charge in [-0.3, -0.25) is 0 Å². The predicted molar refractivity (Wildman–Crippen MR) is 200 cm³/mol. The molecule has 49 heavy (non-hydrogen) atoms. The molecule has 0 unspecified atom stereocenters. The molecule has 4 nitrogen and oxygen atoms in total. The van der Waals surface area contributed by atoms with Crippen LogP contribution in [0.15, 0.2) is 152 Å². The van der Waals surface area contributed by atoms with E-state index in [4.69, 9.17) is 0 Å². The molecular formula is C45H28N4. The average molecular weight is 625 g/mol. The maximum absolute atomic E-state index is 10.00. The van der Waals surface area contributed by atoms with Gasteiger partial charge in [-0.15, -0.1) is 0 Å². The SMILES string of the molecule is Cc1ccc2c(c1)c1cc(-c3ccccc3-c3cccc4c5ccccc5n(-c5cccc(C#N)c5)c34)ccc1n2-c1ccccc1C#N. The summed E-state index contributed by atoms with van der Waals surface area (Å²) in [6.07, 6.45) is 0. The summed E-state index contributed by atoms with van der Waals surface area (Å²) in [4.78, 5) is 0. The summed E-state index contributed by atoms with van der Waals surface area (Å²) in [6.45, 7) is 2.12. The number of nitrogens with zero attached hydrogens (tertiary/aromatic N) is 4. The van der Waals surface area contributed by atoms with E-state index in [0.717, 1.165) is 71.9 Å². The maximum atomic E-state index is 10.00. The fourth-order valence-corrected chi connectivity index (χ4v) is 7.52. The van der Waals surface area contributed by atoms with Gasteiger partial charge in [0.25, 0.3) is 0 Å². The molecule has 4 heteroatoms. The van der Waals surface area contributed by atoms with Crippen molar-refractivity contribution in [2.75, 3.05) is 0 Å². The summed E-state index contributed by atoms with van der Waals surface area (Å²) >= 11 is 0. The molecule has 9 aromatic rings. The fourth-order valence-electron chi connectivity index (χ4n) is 7.52. The maximum Gasteiger partial charge on any atom is 0.101 e. The Balaban J connectivity index is 1.32. The van der Waals surface area contributed by atoms with E-state index in [1.165, 1.54) is 10.9 Å². The smallest absolute Gasteiger partial charge is 0.101 e. The summed E-state index contributed by atoms with van der Waals surface area (Å²) in [6, 6.07) is 57.2. The third-order valence-electron chi connectivity index (χ3n) is 9.64. The molecule has 0 amide bonds. The van der Waals surface area contributed by atoms with Crippen molar-refractivity contribution in [2.24, 2.45) is 0 Å². The van der Waals surface area contributed by atoms with Gasteiger partial charge in [-0.05, 0) is 84.3 Å². The van der Waals surface area contributed by atoms with Gasteiger partial charge in [0, 0.05) is 32.8 Å². The Hall–Kier alpha value is -6.88. The lowest BCUT2D eigenvalue weighted by Gasteiger charge is -2.15. The lowest BCUT2D eigenvalue weighted by Crippen LogP contribution is -1.97. The van der Waals surface area contributed by atoms with Gasteiger partial charge in [0.2, 0.25) is 0 Å². The van der Waals surface area contributed by atoms with Gasteiger partial charge in [0.15, 0.2) is 0 Å². The molecular weight excluding hydrogens is 597 g/mol. The fraction of sp³-hybridized carbons (Fsp3) is 0.0222. The third kappa shape index (κ3) is 4.36. The lowest BCUT2D eigenvalue weighted by molar-refractivity contribution is 1.17. The number of benzene rings is 7. The molecule has 0 saturated heterocycles. The second-order valence-corrected chi connectivity index (χ2v) is 12.5. The van der Waals surface area contributed by atoms with E-state index in [1.807, 2.05) is 42.5 Å². The molecule has 0 N–H and O–H groups in total. The Morgan fingerprint density at radius 1 is 0.469 bits per heavy atom. The Morgan fingerprint density at radius 3 is 2.00 bits per heavy atom. The Bertz CT molecular complexity index is 2870. The molecule has 2 aromatic heterocycles. The van der Waals surface area contributed by atoms with Gasteiger partial charge in [-0.25, -0.2) is 0 Å². The van der Waals surface area contributed by atoms with Crippen LogP contribution < -0.4 is 0 Å². The molecule has 0 atom stereocenters. The standard InChI is InChI=1S/C45H28N4/c1-29-20-22-43-39(24-29)40-26-31(21-23-44(40)49(43)41-18-6-2-11-32(41)28-47)34-13-3-4-14-35(34)37-16-9-17-38-36-15-5-7-19-42(36)48(45(37)38)33-12-8-10-30(25-33)27-46/h2-26H,1H3. The number of fused-ring (bicyclic) bond motifs is 6. The number of hydrogen-bond acceptors (Lipinski definition) is 2. The topological polar surface area (TPSA) is 57.4 Å². The molecule has 0 fully saturated rings. The first-order chi connectivity index (χ1) is 24.1. The molecule has 2 heterocycles. The van der Waals surface area contributed by atoms with E-state index in [0.29, 0.717) is 11.1 Å². The first-order valence-corrected chi connectivity index (χ1v) is 16.3. The zero-order valence-electron chi connectivity index (χ0n) is 26.7. The van der Waals surface area contributed by atoms with E-state index < -0.39 is 0 Å². The van der Waals surface area contributed by atoms with Gasteiger partial charge >= 0.3 is 0 Å². The Labute approximate surface area is 283 Å². The second kappa shape index (κ2) is 11.1. The minimum Gasteiger partial charge on any atom is -0.309 e. The van der Waals surface area contributed by atoms with Crippen LogP contribution in [0.3, 0.4) is 0 Å². The average Bonchev–Trinajstić information content (AvgIpc) is 3.67. The summed E-state index contributed by atoms with van der Waals surface area (Å²) in [7, 11) is 0. The highest BCUT2D eigenvalue weighted by Crippen LogP contribution is 2.43. The van der Waals surface area contributed by atoms with Crippen LogP contribution in [0.4, 0.5) is 0 Å². The minimum absolute atomic E-state index is 0.626. The molecule has 0 bridgehead atoms. The van der Waals surface area contributed by atoms with Crippen LogP contribution in [0.1, 0.15) is 16.7 Å². The summed E-state index contributed by atoms with van der Waals surface area (Å²) < 4.78 is 4.51. The van der Waals surface area contributed by atoms with Crippen molar-refractivity contribution in [3.05, 3.63) is 168 Å². The van der Waals surface area contributed by atoms with Crippen molar-refractivity contribution < 1.29 is 0 Å². The van der Waals surface area contributed by atoms with Crippen molar-refractivity contribution in [1.29, 1.82) is 10.5 Å². The normalized spacial score (nSPS) is 11.3. The van der Waals surface area contributed by atoms with Crippen molar-refractivity contribution in [2.45, 2.75) is 6.92 Å². The van der Waals surface area contributed by atoms with E-state index in [9.17, 15) is 10.5 Å². The predicted octanol–water partition coefficient (Wildman–Crippen LogP) is 11.3. The van der Waals surface area contributed by atoms with E-state index in [-0.39, 0.29) is 0 Å². The summed E-state index contributed by atoms with van der Waals surface area (Å²) in [5, 5.41) is 24.4. The van der Waals surface area contributed by atoms with Crippen molar-refractivity contribution in [1.82, 2.24) is 9.13 Å². The molecule has 0 spiro atoms. The highest BCUT2D eigenvalue weighted by molar-refractivity contribution is 6.15. The number of nitriles is 2. The molecule has 7 aromatic carbocycles. The number of hydrogen-bond donors (Lipinski definition) is 0. The summed E-state index contributed by atoms with van der Waals surface area (Å²) in [5.41, 5.74) is 13.1. The number of aryl methyl sites for hydroxylation is 1. The highest BCUT2D eigenvalue weighted by atomic mass is 15.0. The zero-order valence-corrected chi connectivity index (χ0v) is 26.7. The van der Waals surface area contributed by atoms with Gasteiger partial charge < -0.3 is 9.13 Å².